The predicted molar refractivity (Wildman–Crippen MR) is 81.0 cm³/mol. The van der Waals surface area contributed by atoms with Crippen molar-refractivity contribution in [1.82, 2.24) is 5.32 Å². The van der Waals surface area contributed by atoms with Crippen LogP contribution in [0.5, 0.6) is 5.75 Å². The highest BCUT2D eigenvalue weighted by Gasteiger charge is 2.18. The summed E-state index contributed by atoms with van der Waals surface area (Å²) in [6, 6.07) is 8.43. The number of ether oxygens (including phenoxy) is 3. The van der Waals surface area contributed by atoms with Crippen LogP contribution in [0.1, 0.15) is 39.3 Å². The molecule has 20 heavy (non-hydrogen) atoms. The van der Waals surface area contributed by atoms with Crippen molar-refractivity contribution in [1.29, 1.82) is 0 Å². The topological polar surface area (TPSA) is 39.7 Å². The van der Waals surface area contributed by atoms with E-state index in [1.807, 2.05) is 32.9 Å². The van der Waals surface area contributed by atoms with Gasteiger partial charge in [0.15, 0.2) is 6.29 Å². The monoisotopic (exact) mass is 281 g/mol. The van der Waals surface area contributed by atoms with Crippen LogP contribution in [-0.2, 0) is 9.47 Å². The van der Waals surface area contributed by atoms with E-state index in [4.69, 9.17) is 14.2 Å². The molecule has 0 bridgehead atoms. The normalized spacial score (nSPS) is 14.6. The molecule has 4 heteroatoms. The Kier molecular flexibility index (Phi) is 6.99. The van der Waals surface area contributed by atoms with Crippen molar-refractivity contribution < 1.29 is 14.2 Å². The van der Waals surface area contributed by atoms with E-state index in [9.17, 15) is 0 Å². The molecule has 4 nitrogen and oxygen atoms in total. The van der Waals surface area contributed by atoms with Gasteiger partial charge in [0.25, 0.3) is 0 Å². The number of nitrogens with one attached hydrogen (secondary N) is 1. The summed E-state index contributed by atoms with van der Waals surface area (Å²) >= 11 is 0. The van der Waals surface area contributed by atoms with Gasteiger partial charge >= 0.3 is 0 Å². The number of hydrogen-bond donors (Lipinski definition) is 1. The third-order valence-electron chi connectivity index (χ3n) is 3.12. The first kappa shape index (κ1) is 17.0. The molecule has 0 radical (unpaired) electrons. The second kappa shape index (κ2) is 8.25. The van der Waals surface area contributed by atoms with E-state index in [-0.39, 0.29) is 24.5 Å². The quantitative estimate of drug-likeness (QED) is 0.743. The molecule has 2 atom stereocenters. The van der Waals surface area contributed by atoms with E-state index in [2.05, 4.69) is 24.4 Å². The lowest BCUT2D eigenvalue weighted by Gasteiger charge is -2.26. The average Bonchev–Trinajstić information content (AvgIpc) is 2.39. The maximum atomic E-state index is 5.72. The summed E-state index contributed by atoms with van der Waals surface area (Å²) in [4.78, 5) is 0. The third-order valence-corrected chi connectivity index (χ3v) is 3.12. The second-order valence-corrected chi connectivity index (χ2v) is 5.26. The van der Waals surface area contributed by atoms with E-state index in [1.165, 1.54) is 5.56 Å². The lowest BCUT2D eigenvalue weighted by molar-refractivity contribution is -0.120. The highest BCUT2D eigenvalue weighted by Crippen LogP contribution is 2.21. The number of methoxy groups -OCH3 is 2. The summed E-state index contributed by atoms with van der Waals surface area (Å²) in [6.07, 6.45) is -0.0775. The molecule has 1 N–H and O–H groups in total. The minimum atomic E-state index is -0.257. The van der Waals surface area contributed by atoms with Gasteiger partial charge in [-0.2, -0.15) is 0 Å². The Bertz CT molecular complexity index is 391. The Morgan fingerprint density at radius 3 is 2.20 bits per heavy atom. The molecule has 0 amide bonds. The summed E-state index contributed by atoms with van der Waals surface area (Å²) < 4.78 is 16.3. The Balaban J connectivity index is 2.69. The fourth-order valence-corrected chi connectivity index (χ4v) is 2.20. The van der Waals surface area contributed by atoms with Gasteiger partial charge in [-0.15, -0.1) is 0 Å². The Hall–Kier alpha value is -1.10. The van der Waals surface area contributed by atoms with Crippen molar-refractivity contribution in [2.45, 2.75) is 52.2 Å². The minimum Gasteiger partial charge on any atom is -0.491 e. The highest BCUT2D eigenvalue weighted by molar-refractivity contribution is 5.30. The van der Waals surface area contributed by atoms with Crippen molar-refractivity contribution >= 4 is 0 Å². The highest BCUT2D eigenvalue weighted by atomic mass is 16.7. The summed E-state index contributed by atoms with van der Waals surface area (Å²) in [5.74, 6) is 0.897. The van der Waals surface area contributed by atoms with Crippen molar-refractivity contribution in [2.75, 3.05) is 14.2 Å². The predicted octanol–water partition coefficient (Wildman–Crippen LogP) is 3.13. The van der Waals surface area contributed by atoms with Gasteiger partial charge in [0, 0.05) is 20.3 Å². The maximum Gasteiger partial charge on any atom is 0.171 e. The number of rotatable bonds is 8. The first-order chi connectivity index (χ1) is 9.47. The molecule has 0 fully saturated rings. The molecule has 0 aliphatic rings. The van der Waals surface area contributed by atoms with E-state index in [0.717, 1.165) is 5.75 Å². The van der Waals surface area contributed by atoms with Crippen molar-refractivity contribution in [2.24, 2.45) is 0 Å². The van der Waals surface area contributed by atoms with Crippen LogP contribution in [0.4, 0.5) is 0 Å². The molecule has 0 aliphatic carbocycles. The fourth-order valence-electron chi connectivity index (χ4n) is 2.20. The number of benzene rings is 1. The zero-order valence-corrected chi connectivity index (χ0v) is 13.3. The molecule has 2 unspecified atom stereocenters. The van der Waals surface area contributed by atoms with Crippen LogP contribution < -0.4 is 10.1 Å². The lowest BCUT2D eigenvalue weighted by Crippen LogP contribution is -2.40. The standard InChI is InChI=1S/C16H27NO3/c1-11(2)20-15-9-7-8-14(10-15)12(3)17-13(4)16(18-5)19-6/h7-13,16-17H,1-6H3. The molecule has 1 aromatic rings. The second-order valence-electron chi connectivity index (χ2n) is 5.26. The van der Waals surface area contributed by atoms with Gasteiger partial charge in [0.05, 0.1) is 12.1 Å². The zero-order valence-electron chi connectivity index (χ0n) is 13.3. The van der Waals surface area contributed by atoms with Crippen molar-refractivity contribution in [3.63, 3.8) is 0 Å². The Morgan fingerprint density at radius 2 is 1.65 bits per heavy atom. The van der Waals surface area contributed by atoms with E-state index < -0.39 is 0 Å². The van der Waals surface area contributed by atoms with Gasteiger partial charge in [-0.3, -0.25) is 0 Å². The third kappa shape index (κ3) is 5.12. The molecule has 0 spiro atoms. The van der Waals surface area contributed by atoms with Crippen molar-refractivity contribution in [3.05, 3.63) is 29.8 Å². The smallest absolute Gasteiger partial charge is 0.171 e. The summed E-state index contributed by atoms with van der Waals surface area (Å²) in [6.45, 7) is 8.21. The van der Waals surface area contributed by atoms with Crippen LogP contribution in [-0.4, -0.2) is 32.7 Å². The van der Waals surface area contributed by atoms with Gasteiger partial charge in [-0.1, -0.05) is 12.1 Å². The van der Waals surface area contributed by atoms with Crippen LogP contribution in [0, 0.1) is 0 Å². The fraction of sp³-hybridized carbons (Fsp3) is 0.625. The number of hydrogen-bond acceptors (Lipinski definition) is 4. The summed E-state index contributed by atoms with van der Waals surface area (Å²) in [5, 5.41) is 3.47. The largest absolute Gasteiger partial charge is 0.491 e. The zero-order chi connectivity index (χ0) is 15.1. The molecular weight excluding hydrogens is 254 g/mol. The van der Waals surface area contributed by atoms with Gasteiger partial charge in [-0.05, 0) is 45.4 Å². The first-order valence-electron chi connectivity index (χ1n) is 7.06. The molecule has 0 heterocycles. The van der Waals surface area contributed by atoms with E-state index >= 15 is 0 Å². The first-order valence-corrected chi connectivity index (χ1v) is 7.06. The molecule has 1 rings (SSSR count). The van der Waals surface area contributed by atoms with Crippen LogP contribution in [0.3, 0.4) is 0 Å². The van der Waals surface area contributed by atoms with Crippen LogP contribution >= 0.6 is 0 Å². The van der Waals surface area contributed by atoms with E-state index in [1.54, 1.807) is 14.2 Å². The minimum absolute atomic E-state index is 0.0923. The van der Waals surface area contributed by atoms with Crippen LogP contribution in [0.25, 0.3) is 0 Å². The molecule has 0 aromatic heterocycles. The average molecular weight is 281 g/mol. The molecule has 1 aromatic carbocycles. The van der Waals surface area contributed by atoms with Crippen LogP contribution in [0.15, 0.2) is 24.3 Å². The summed E-state index contributed by atoms with van der Waals surface area (Å²) in [7, 11) is 3.29. The Morgan fingerprint density at radius 1 is 1.00 bits per heavy atom. The Labute approximate surface area is 122 Å². The molecule has 0 saturated heterocycles. The van der Waals surface area contributed by atoms with Gasteiger partial charge in [-0.25, -0.2) is 0 Å². The maximum absolute atomic E-state index is 5.72. The molecular formula is C16H27NO3. The SMILES string of the molecule is COC(OC)C(C)NC(C)c1cccc(OC(C)C)c1. The molecule has 0 saturated carbocycles. The molecule has 0 aliphatic heterocycles. The van der Waals surface area contributed by atoms with Gasteiger partial charge in [0.1, 0.15) is 5.75 Å². The van der Waals surface area contributed by atoms with Crippen LogP contribution in [0.2, 0.25) is 0 Å². The van der Waals surface area contributed by atoms with Gasteiger partial charge in [0.2, 0.25) is 0 Å². The summed E-state index contributed by atoms with van der Waals surface area (Å²) in [5.41, 5.74) is 1.18. The lowest BCUT2D eigenvalue weighted by atomic mass is 10.1. The van der Waals surface area contributed by atoms with Gasteiger partial charge < -0.3 is 19.5 Å². The van der Waals surface area contributed by atoms with E-state index in [0.29, 0.717) is 0 Å². The van der Waals surface area contributed by atoms with Crippen molar-refractivity contribution in [3.8, 4) is 5.75 Å². The molecule has 114 valence electrons.